The summed E-state index contributed by atoms with van der Waals surface area (Å²) in [5.41, 5.74) is 2.68. The van der Waals surface area contributed by atoms with Crippen molar-refractivity contribution in [2.45, 2.75) is 33.1 Å². The number of carbonyl (C=O) groups is 1. The molecule has 0 unspecified atom stereocenters. The Kier molecular flexibility index (Phi) is 5.23. The van der Waals surface area contributed by atoms with Crippen molar-refractivity contribution in [1.29, 1.82) is 0 Å². The number of nitrogens with one attached hydrogen (secondary N) is 2. The predicted molar refractivity (Wildman–Crippen MR) is 110 cm³/mol. The van der Waals surface area contributed by atoms with Gasteiger partial charge in [0.2, 0.25) is 11.9 Å². The van der Waals surface area contributed by atoms with Crippen LogP contribution in [-0.4, -0.2) is 38.9 Å². The summed E-state index contributed by atoms with van der Waals surface area (Å²) >= 11 is 0. The third kappa shape index (κ3) is 4.13. The molecule has 1 aliphatic rings. The van der Waals surface area contributed by atoms with Gasteiger partial charge in [-0.3, -0.25) is 4.79 Å². The van der Waals surface area contributed by atoms with Gasteiger partial charge in [-0.2, -0.15) is 0 Å². The first kappa shape index (κ1) is 18.4. The monoisotopic (exact) mass is 378 g/mol. The largest absolute Gasteiger partial charge is 0.342 e. The Balaban J connectivity index is 1.44. The molecule has 146 valence electrons. The topological polar surface area (TPSA) is 86.8 Å². The van der Waals surface area contributed by atoms with Crippen molar-refractivity contribution in [3.05, 3.63) is 42.5 Å². The van der Waals surface area contributed by atoms with Crippen molar-refractivity contribution in [2.24, 2.45) is 11.8 Å². The van der Waals surface area contributed by atoms with Crippen LogP contribution in [0.5, 0.6) is 0 Å². The lowest BCUT2D eigenvalue weighted by atomic mass is 9.97. The van der Waals surface area contributed by atoms with E-state index in [2.05, 4.69) is 44.0 Å². The molecule has 1 fully saturated rings. The number of hydrogen-bond donors (Lipinski definition) is 2. The molecule has 1 saturated heterocycles. The van der Waals surface area contributed by atoms with Gasteiger partial charge >= 0.3 is 0 Å². The minimum Gasteiger partial charge on any atom is -0.342 e. The summed E-state index contributed by atoms with van der Waals surface area (Å²) in [5.74, 6) is 2.19. The molecule has 7 nitrogen and oxygen atoms in total. The standard InChI is InChI=1S/C21H26N6O/c1-14(2)11-19-25-17-7-6-16(12-18(17)26-19)24-20(28)15-5-3-10-27(13-15)21-22-8-4-9-23-21/h4,6-9,12,14-15H,3,5,10-11,13H2,1-2H3,(H,24,28)(H,25,26)/t15-/m1/s1. The first-order valence-corrected chi connectivity index (χ1v) is 9.90. The van der Waals surface area contributed by atoms with Crippen LogP contribution < -0.4 is 10.2 Å². The summed E-state index contributed by atoms with van der Waals surface area (Å²) in [6.07, 6.45) is 6.21. The summed E-state index contributed by atoms with van der Waals surface area (Å²) in [7, 11) is 0. The number of piperidine rings is 1. The van der Waals surface area contributed by atoms with E-state index in [-0.39, 0.29) is 11.8 Å². The number of imidazole rings is 1. The van der Waals surface area contributed by atoms with Crippen LogP contribution >= 0.6 is 0 Å². The third-order valence-corrected chi connectivity index (χ3v) is 5.03. The number of carbonyl (C=O) groups excluding carboxylic acids is 1. The smallest absolute Gasteiger partial charge is 0.229 e. The maximum atomic E-state index is 12.8. The van der Waals surface area contributed by atoms with Crippen LogP contribution in [0.15, 0.2) is 36.7 Å². The highest BCUT2D eigenvalue weighted by molar-refractivity contribution is 5.94. The molecule has 1 atom stereocenters. The number of fused-ring (bicyclic) bond motifs is 1. The molecule has 0 aliphatic carbocycles. The fraction of sp³-hybridized carbons (Fsp3) is 0.429. The second kappa shape index (κ2) is 7.96. The molecule has 2 N–H and O–H groups in total. The molecule has 2 aromatic heterocycles. The Morgan fingerprint density at radius 1 is 1.32 bits per heavy atom. The van der Waals surface area contributed by atoms with Crippen molar-refractivity contribution in [3.8, 4) is 0 Å². The average molecular weight is 378 g/mol. The third-order valence-electron chi connectivity index (χ3n) is 5.03. The molecule has 3 aromatic rings. The van der Waals surface area contributed by atoms with Gasteiger partial charge < -0.3 is 15.2 Å². The van der Waals surface area contributed by atoms with Crippen LogP contribution in [0.25, 0.3) is 11.0 Å². The number of aromatic amines is 1. The van der Waals surface area contributed by atoms with Gasteiger partial charge in [-0.25, -0.2) is 15.0 Å². The number of hydrogen-bond acceptors (Lipinski definition) is 5. The number of amides is 1. The number of H-pyrrole nitrogens is 1. The zero-order chi connectivity index (χ0) is 19.5. The van der Waals surface area contributed by atoms with E-state index in [4.69, 9.17) is 0 Å². The number of anilines is 2. The van der Waals surface area contributed by atoms with Crippen molar-refractivity contribution >= 4 is 28.6 Å². The summed E-state index contributed by atoms with van der Waals surface area (Å²) in [6.45, 7) is 5.87. The van der Waals surface area contributed by atoms with Crippen LogP contribution in [0.2, 0.25) is 0 Å². The zero-order valence-electron chi connectivity index (χ0n) is 16.4. The highest BCUT2D eigenvalue weighted by Crippen LogP contribution is 2.23. The van der Waals surface area contributed by atoms with E-state index in [1.807, 2.05) is 18.2 Å². The Morgan fingerprint density at radius 3 is 2.93 bits per heavy atom. The van der Waals surface area contributed by atoms with E-state index in [0.717, 1.165) is 48.4 Å². The van der Waals surface area contributed by atoms with Gasteiger partial charge in [-0.1, -0.05) is 13.8 Å². The number of rotatable bonds is 5. The second-order valence-electron chi connectivity index (χ2n) is 7.84. The molecule has 3 heterocycles. The zero-order valence-corrected chi connectivity index (χ0v) is 16.4. The van der Waals surface area contributed by atoms with E-state index >= 15 is 0 Å². The maximum Gasteiger partial charge on any atom is 0.229 e. The van der Waals surface area contributed by atoms with Gasteiger partial charge in [-0.05, 0) is 43.0 Å². The van der Waals surface area contributed by atoms with E-state index in [0.29, 0.717) is 18.4 Å². The molecule has 1 amide bonds. The molecule has 7 heteroatoms. The Bertz CT molecular complexity index is 952. The normalized spacial score (nSPS) is 17.2. The summed E-state index contributed by atoms with van der Waals surface area (Å²) in [4.78, 5) is 31.5. The molecule has 0 saturated carbocycles. The van der Waals surface area contributed by atoms with Gasteiger partial charge in [0.1, 0.15) is 5.82 Å². The summed E-state index contributed by atoms with van der Waals surface area (Å²) < 4.78 is 0. The van der Waals surface area contributed by atoms with Crippen molar-refractivity contribution in [3.63, 3.8) is 0 Å². The summed E-state index contributed by atoms with van der Waals surface area (Å²) in [5, 5.41) is 3.07. The van der Waals surface area contributed by atoms with E-state index in [9.17, 15) is 4.79 Å². The van der Waals surface area contributed by atoms with Crippen LogP contribution in [-0.2, 0) is 11.2 Å². The Labute approximate surface area is 164 Å². The quantitative estimate of drug-likeness (QED) is 0.710. The fourth-order valence-corrected chi connectivity index (χ4v) is 3.70. The van der Waals surface area contributed by atoms with Gasteiger partial charge in [0.25, 0.3) is 0 Å². The lowest BCUT2D eigenvalue weighted by Gasteiger charge is -2.31. The van der Waals surface area contributed by atoms with Gasteiger partial charge in [0.05, 0.1) is 17.0 Å². The van der Waals surface area contributed by atoms with Gasteiger partial charge in [-0.15, -0.1) is 0 Å². The lowest BCUT2D eigenvalue weighted by Crippen LogP contribution is -2.41. The van der Waals surface area contributed by atoms with E-state index in [1.54, 1.807) is 18.5 Å². The second-order valence-corrected chi connectivity index (χ2v) is 7.84. The minimum atomic E-state index is -0.0773. The number of nitrogens with zero attached hydrogens (tertiary/aromatic N) is 4. The van der Waals surface area contributed by atoms with Crippen LogP contribution in [0.4, 0.5) is 11.6 Å². The molecular weight excluding hydrogens is 352 g/mol. The molecule has 28 heavy (non-hydrogen) atoms. The Morgan fingerprint density at radius 2 is 2.14 bits per heavy atom. The minimum absolute atomic E-state index is 0.0434. The fourth-order valence-electron chi connectivity index (χ4n) is 3.70. The summed E-state index contributed by atoms with van der Waals surface area (Å²) in [6, 6.07) is 7.64. The molecule has 1 aromatic carbocycles. The number of aromatic nitrogens is 4. The van der Waals surface area contributed by atoms with Gasteiger partial charge in [0, 0.05) is 37.6 Å². The van der Waals surface area contributed by atoms with Crippen LogP contribution in [0, 0.1) is 11.8 Å². The van der Waals surface area contributed by atoms with Crippen LogP contribution in [0.3, 0.4) is 0 Å². The molecular formula is C21H26N6O. The molecule has 1 aliphatic heterocycles. The SMILES string of the molecule is CC(C)Cc1nc2ccc(NC(=O)[C@@H]3CCCN(c4ncccn4)C3)cc2[nH]1. The Hall–Kier alpha value is -2.96. The first-order valence-electron chi connectivity index (χ1n) is 9.90. The maximum absolute atomic E-state index is 12.8. The van der Waals surface area contributed by atoms with Crippen molar-refractivity contribution < 1.29 is 4.79 Å². The molecule has 0 bridgehead atoms. The van der Waals surface area contributed by atoms with Gasteiger partial charge in [0.15, 0.2) is 0 Å². The van der Waals surface area contributed by atoms with Crippen molar-refractivity contribution in [2.75, 3.05) is 23.3 Å². The van der Waals surface area contributed by atoms with Crippen LogP contribution in [0.1, 0.15) is 32.5 Å². The highest BCUT2D eigenvalue weighted by atomic mass is 16.1. The lowest BCUT2D eigenvalue weighted by molar-refractivity contribution is -0.120. The van der Waals surface area contributed by atoms with Crippen molar-refractivity contribution in [1.82, 2.24) is 19.9 Å². The molecule has 4 rings (SSSR count). The number of benzene rings is 1. The molecule has 0 radical (unpaired) electrons. The first-order chi connectivity index (χ1) is 13.6. The van der Waals surface area contributed by atoms with E-state index in [1.165, 1.54) is 0 Å². The predicted octanol–water partition coefficient (Wildman–Crippen LogP) is 3.41. The highest BCUT2D eigenvalue weighted by Gasteiger charge is 2.27. The average Bonchev–Trinajstić information content (AvgIpc) is 3.09. The van der Waals surface area contributed by atoms with E-state index < -0.39 is 0 Å². The molecule has 0 spiro atoms.